The molecular weight excluding hydrogens is 146 g/mol. The van der Waals surface area contributed by atoms with E-state index in [1.165, 1.54) is 0 Å². The fourth-order valence-electron chi connectivity index (χ4n) is 1.45. The van der Waals surface area contributed by atoms with Gasteiger partial charge in [-0.3, -0.25) is 4.79 Å². The summed E-state index contributed by atoms with van der Waals surface area (Å²) in [6, 6.07) is -0.0560. The van der Waals surface area contributed by atoms with Crippen LogP contribution in [0.4, 0.5) is 0 Å². The van der Waals surface area contributed by atoms with Crippen molar-refractivity contribution >= 4 is 5.97 Å². The Morgan fingerprint density at radius 1 is 1.45 bits per heavy atom. The molecule has 3 unspecified atom stereocenters. The molecule has 1 rings (SSSR count). The average Bonchev–Trinajstić information content (AvgIpc) is 1.94. The molecule has 64 valence electrons. The molecule has 4 nitrogen and oxygen atoms in total. The first-order chi connectivity index (χ1) is 5.11. The zero-order chi connectivity index (χ0) is 8.43. The zero-order valence-electron chi connectivity index (χ0n) is 6.23. The van der Waals surface area contributed by atoms with E-state index in [4.69, 9.17) is 10.8 Å². The van der Waals surface area contributed by atoms with E-state index >= 15 is 0 Å². The molecule has 4 N–H and O–H groups in total. The second kappa shape index (κ2) is 3.19. The normalized spacial score (nSPS) is 38.5. The molecule has 1 saturated carbocycles. The van der Waals surface area contributed by atoms with Crippen LogP contribution in [0.2, 0.25) is 0 Å². The lowest BCUT2D eigenvalue weighted by molar-refractivity contribution is -0.147. The minimum atomic E-state index is -0.937. The van der Waals surface area contributed by atoms with Gasteiger partial charge >= 0.3 is 5.97 Å². The van der Waals surface area contributed by atoms with Crippen LogP contribution in [0, 0.1) is 5.92 Å². The number of hydrogen-bond donors (Lipinski definition) is 3. The van der Waals surface area contributed by atoms with Crippen LogP contribution >= 0.6 is 0 Å². The Balaban J connectivity index is 2.54. The van der Waals surface area contributed by atoms with Crippen LogP contribution in [0.1, 0.15) is 19.3 Å². The molecule has 0 amide bonds. The SMILES string of the molecule is NC1CCC(O)C(C(=O)O)C1. The van der Waals surface area contributed by atoms with E-state index in [0.29, 0.717) is 12.8 Å². The maximum absolute atomic E-state index is 10.5. The van der Waals surface area contributed by atoms with E-state index in [1.54, 1.807) is 0 Å². The van der Waals surface area contributed by atoms with Gasteiger partial charge in [0.1, 0.15) is 0 Å². The summed E-state index contributed by atoms with van der Waals surface area (Å²) < 4.78 is 0. The standard InChI is InChI=1S/C7H13NO3/c8-4-1-2-6(9)5(3-4)7(10)11/h4-6,9H,1-3,8H2,(H,10,11). The van der Waals surface area contributed by atoms with E-state index in [9.17, 15) is 9.90 Å². The summed E-state index contributed by atoms with van der Waals surface area (Å²) in [7, 11) is 0. The molecule has 0 heterocycles. The fraction of sp³-hybridized carbons (Fsp3) is 0.857. The average molecular weight is 159 g/mol. The summed E-state index contributed by atoms with van der Waals surface area (Å²) in [5, 5.41) is 17.8. The van der Waals surface area contributed by atoms with Crippen molar-refractivity contribution < 1.29 is 15.0 Å². The maximum Gasteiger partial charge on any atom is 0.309 e. The first-order valence-electron chi connectivity index (χ1n) is 3.77. The number of carboxylic acids is 1. The van der Waals surface area contributed by atoms with Gasteiger partial charge in [-0.05, 0) is 19.3 Å². The number of aliphatic hydroxyl groups excluding tert-OH is 1. The molecule has 11 heavy (non-hydrogen) atoms. The Bertz CT molecular complexity index is 160. The molecule has 1 aliphatic carbocycles. The first-order valence-corrected chi connectivity index (χ1v) is 3.77. The molecule has 0 bridgehead atoms. The highest BCUT2D eigenvalue weighted by atomic mass is 16.4. The molecule has 0 aliphatic heterocycles. The summed E-state index contributed by atoms with van der Waals surface area (Å²) in [5.41, 5.74) is 5.55. The van der Waals surface area contributed by atoms with E-state index in [1.807, 2.05) is 0 Å². The third kappa shape index (κ3) is 1.91. The Hall–Kier alpha value is -0.610. The van der Waals surface area contributed by atoms with Gasteiger partial charge < -0.3 is 15.9 Å². The third-order valence-electron chi connectivity index (χ3n) is 2.17. The smallest absolute Gasteiger partial charge is 0.309 e. The van der Waals surface area contributed by atoms with Gasteiger partial charge in [-0.15, -0.1) is 0 Å². The predicted molar refractivity (Wildman–Crippen MR) is 39.0 cm³/mol. The van der Waals surface area contributed by atoms with Crippen molar-refractivity contribution in [2.75, 3.05) is 0 Å². The number of aliphatic carboxylic acids is 1. The Morgan fingerprint density at radius 2 is 2.09 bits per heavy atom. The lowest BCUT2D eigenvalue weighted by Crippen LogP contribution is -2.40. The third-order valence-corrected chi connectivity index (χ3v) is 2.17. The number of rotatable bonds is 1. The van der Waals surface area contributed by atoms with Gasteiger partial charge in [0.25, 0.3) is 0 Å². The summed E-state index contributed by atoms with van der Waals surface area (Å²) in [5.74, 6) is -1.59. The minimum Gasteiger partial charge on any atom is -0.481 e. The molecule has 0 saturated heterocycles. The van der Waals surface area contributed by atoms with Crippen LogP contribution in [0.15, 0.2) is 0 Å². The number of carboxylic acid groups (broad SMARTS) is 1. The van der Waals surface area contributed by atoms with Gasteiger partial charge in [-0.25, -0.2) is 0 Å². The van der Waals surface area contributed by atoms with Gasteiger partial charge in [0.2, 0.25) is 0 Å². The van der Waals surface area contributed by atoms with E-state index in [-0.39, 0.29) is 6.04 Å². The first kappa shape index (κ1) is 8.49. The van der Waals surface area contributed by atoms with Crippen LogP contribution in [0.25, 0.3) is 0 Å². The molecule has 0 aromatic rings. The summed E-state index contributed by atoms with van der Waals surface area (Å²) in [4.78, 5) is 10.5. The molecule has 0 aromatic heterocycles. The summed E-state index contributed by atoms with van der Waals surface area (Å²) in [6.07, 6.45) is 0.937. The molecule has 1 aliphatic rings. The quantitative estimate of drug-likeness (QED) is 0.484. The van der Waals surface area contributed by atoms with Crippen molar-refractivity contribution in [3.63, 3.8) is 0 Å². The van der Waals surface area contributed by atoms with Gasteiger partial charge in [0.15, 0.2) is 0 Å². The highest BCUT2D eigenvalue weighted by Gasteiger charge is 2.32. The monoisotopic (exact) mass is 159 g/mol. The van der Waals surface area contributed by atoms with Crippen molar-refractivity contribution in [1.29, 1.82) is 0 Å². The van der Waals surface area contributed by atoms with Gasteiger partial charge in [-0.1, -0.05) is 0 Å². The number of carbonyl (C=O) groups is 1. The topological polar surface area (TPSA) is 83.5 Å². The van der Waals surface area contributed by atoms with Crippen LogP contribution in [-0.2, 0) is 4.79 Å². The highest BCUT2D eigenvalue weighted by Crippen LogP contribution is 2.23. The van der Waals surface area contributed by atoms with Crippen LogP contribution in [0.5, 0.6) is 0 Å². The van der Waals surface area contributed by atoms with Crippen molar-refractivity contribution in [2.24, 2.45) is 11.7 Å². The number of aliphatic hydroxyl groups is 1. The molecule has 0 spiro atoms. The molecule has 0 aromatic carbocycles. The molecular formula is C7H13NO3. The largest absolute Gasteiger partial charge is 0.481 e. The summed E-state index contributed by atoms with van der Waals surface area (Å²) >= 11 is 0. The molecule has 0 radical (unpaired) electrons. The second-order valence-corrected chi connectivity index (χ2v) is 3.09. The van der Waals surface area contributed by atoms with Crippen LogP contribution in [-0.4, -0.2) is 28.3 Å². The number of nitrogens with two attached hydrogens (primary N) is 1. The molecule has 4 heteroatoms. The van der Waals surface area contributed by atoms with Crippen LogP contribution < -0.4 is 5.73 Å². The van der Waals surface area contributed by atoms with Gasteiger partial charge in [0.05, 0.1) is 12.0 Å². The second-order valence-electron chi connectivity index (χ2n) is 3.09. The van der Waals surface area contributed by atoms with Gasteiger partial charge in [0, 0.05) is 6.04 Å². The fourth-order valence-corrected chi connectivity index (χ4v) is 1.45. The van der Waals surface area contributed by atoms with E-state index in [0.717, 1.165) is 6.42 Å². The highest BCUT2D eigenvalue weighted by molar-refractivity contribution is 5.70. The molecule has 1 fully saturated rings. The molecule has 3 atom stereocenters. The van der Waals surface area contributed by atoms with E-state index < -0.39 is 18.0 Å². The van der Waals surface area contributed by atoms with Crippen molar-refractivity contribution in [3.05, 3.63) is 0 Å². The Labute approximate surface area is 65.0 Å². The van der Waals surface area contributed by atoms with Crippen molar-refractivity contribution in [2.45, 2.75) is 31.4 Å². The van der Waals surface area contributed by atoms with Crippen LogP contribution in [0.3, 0.4) is 0 Å². The van der Waals surface area contributed by atoms with Crippen molar-refractivity contribution in [1.82, 2.24) is 0 Å². The van der Waals surface area contributed by atoms with E-state index in [2.05, 4.69) is 0 Å². The Morgan fingerprint density at radius 3 is 2.55 bits per heavy atom. The number of hydrogen-bond acceptors (Lipinski definition) is 3. The predicted octanol–water partition coefficient (Wildman–Crippen LogP) is -0.441. The Kier molecular flexibility index (Phi) is 2.46. The van der Waals surface area contributed by atoms with Gasteiger partial charge in [-0.2, -0.15) is 0 Å². The minimum absolute atomic E-state index is 0.0560. The van der Waals surface area contributed by atoms with Crippen molar-refractivity contribution in [3.8, 4) is 0 Å². The summed E-state index contributed by atoms with van der Waals surface area (Å²) in [6.45, 7) is 0. The lowest BCUT2D eigenvalue weighted by atomic mass is 9.84. The lowest BCUT2D eigenvalue weighted by Gasteiger charge is -2.28. The zero-order valence-corrected chi connectivity index (χ0v) is 6.23. The maximum atomic E-state index is 10.5.